The fourth-order valence-electron chi connectivity index (χ4n) is 5.14. The smallest absolute Gasteiger partial charge is 0.306 e. The van der Waals surface area contributed by atoms with E-state index in [1.807, 2.05) is 0 Å². The van der Waals surface area contributed by atoms with Crippen molar-refractivity contribution < 1.29 is 28.6 Å². The topological polar surface area (TPSA) is 78.9 Å². The lowest BCUT2D eigenvalue weighted by atomic mass is 10.1. The number of hydrogen-bond donors (Lipinski definition) is 0. The average Bonchev–Trinajstić information content (AvgIpc) is 3.01. The summed E-state index contributed by atoms with van der Waals surface area (Å²) in [4.78, 5) is 36.9. The number of unbranched alkanes of at least 4 members (excludes halogenated alkanes) is 20. The van der Waals surface area contributed by atoms with Crippen LogP contribution in [0, 0.1) is 0 Å². The van der Waals surface area contributed by atoms with Crippen molar-refractivity contribution in [2.45, 2.75) is 200 Å². The van der Waals surface area contributed by atoms with Gasteiger partial charge in [0.05, 0.1) is 0 Å². The minimum Gasteiger partial charge on any atom is -0.462 e. The zero-order valence-electron chi connectivity index (χ0n) is 29.2. The van der Waals surface area contributed by atoms with Gasteiger partial charge in [0.15, 0.2) is 6.10 Å². The summed E-state index contributed by atoms with van der Waals surface area (Å²) in [6.45, 7) is 6.43. The highest BCUT2D eigenvalue weighted by atomic mass is 16.6. The number of carbonyl (C=O) groups excluding carboxylic acids is 3. The molecule has 0 saturated carbocycles. The summed E-state index contributed by atoms with van der Waals surface area (Å²) in [5, 5.41) is 0. The molecule has 6 heteroatoms. The number of allylic oxidation sites excluding steroid dienone is 2. The molecule has 0 rings (SSSR count). The minimum absolute atomic E-state index is 0.0733. The molecule has 0 aromatic heterocycles. The molecule has 0 radical (unpaired) electrons. The van der Waals surface area contributed by atoms with Crippen LogP contribution in [-0.4, -0.2) is 37.2 Å². The molecule has 0 bridgehead atoms. The molecular weight excluding hydrogens is 552 g/mol. The molecular formula is C38H70O6. The molecule has 0 aliphatic rings. The minimum atomic E-state index is -0.759. The molecule has 0 heterocycles. The van der Waals surface area contributed by atoms with Crippen molar-refractivity contribution >= 4 is 17.9 Å². The van der Waals surface area contributed by atoms with Crippen LogP contribution in [-0.2, 0) is 28.6 Å². The number of hydrogen-bond acceptors (Lipinski definition) is 6. The van der Waals surface area contributed by atoms with Crippen molar-refractivity contribution in [3.63, 3.8) is 0 Å². The molecule has 1 atom stereocenters. The van der Waals surface area contributed by atoms with E-state index >= 15 is 0 Å². The van der Waals surface area contributed by atoms with E-state index in [2.05, 4.69) is 32.9 Å². The van der Waals surface area contributed by atoms with E-state index in [-0.39, 0.29) is 31.1 Å². The van der Waals surface area contributed by atoms with E-state index in [4.69, 9.17) is 14.2 Å². The second-order valence-corrected chi connectivity index (χ2v) is 12.5. The van der Waals surface area contributed by atoms with Crippen LogP contribution in [0.1, 0.15) is 194 Å². The summed E-state index contributed by atoms with van der Waals surface area (Å²) in [5.74, 6) is -0.913. The third-order valence-corrected chi connectivity index (χ3v) is 8.02. The van der Waals surface area contributed by atoms with Crippen LogP contribution < -0.4 is 0 Å². The van der Waals surface area contributed by atoms with Crippen molar-refractivity contribution in [2.24, 2.45) is 0 Å². The van der Waals surface area contributed by atoms with E-state index in [1.165, 1.54) is 77.0 Å². The van der Waals surface area contributed by atoms with Gasteiger partial charge in [0, 0.05) is 19.3 Å². The number of rotatable bonds is 33. The normalized spacial score (nSPS) is 12.0. The fourth-order valence-corrected chi connectivity index (χ4v) is 5.14. The molecule has 6 nitrogen and oxygen atoms in total. The van der Waals surface area contributed by atoms with Gasteiger partial charge >= 0.3 is 17.9 Å². The molecule has 0 aromatic carbocycles. The highest BCUT2D eigenvalue weighted by Crippen LogP contribution is 2.12. The van der Waals surface area contributed by atoms with Crippen LogP contribution in [0.25, 0.3) is 0 Å². The Labute approximate surface area is 271 Å². The first kappa shape index (κ1) is 42.1. The number of ether oxygens (including phenoxy) is 3. The molecule has 258 valence electrons. The van der Waals surface area contributed by atoms with Crippen molar-refractivity contribution in [1.29, 1.82) is 0 Å². The van der Waals surface area contributed by atoms with Crippen LogP contribution in [0.3, 0.4) is 0 Å². The van der Waals surface area contributed by atoms with E-state index in [1.54, 1.807) is 0 Å². The predicted octanol–water partition coefficient (Wildman–Crippen LogP) is 11.1. The monoisotopic (exact) mass is 623 g/mol. The molecule has 0 aliphatic carbocycles. The number of esters is 3. The van der Waals surface area contributed by atoms with Gasteiger partial charge in [0.25, 0.3) is 0 Å². The lowest BCUT2D eigenvalue weighted by Gasteiger charge is -2.18. The Morgan fingerprint density at radius 3 is 1.14 bits per heavy atom. The van der Waals surface area contributed by atoms with Crippen LogP contribution in [0.5, 0.6) is 0 Å². The van der Waals surface area contributed by atoms with Crippen LogP contribution in [0.4, 0.5) is 0 Å². The maximum Gasteiger partial charge on any atom is 0.306 e. The molecule has 0 aliphatic heterocycles. The van der Waals surface area contributed by atoms with Gasteiger partial charge in [-0.3, -0.25) is 14.4 Å². The van der Waals surface area contributed by atoms with E-state index in [0.717, 1.165) is 77.0 Å². The molecule has 44 heavy (non-hydrogen) atoms. The molecule has 0 spiro atoms. The molecule has 0 fully saturated rings. The van der Waals surface area contributed by atoms with Crippen molar-refractivity contribution in [3.05, 3.63) is 12.2 Å². The van der Waals surface area contributed by atoms with Crippen molar-refractivity contribution in [3.8, 4) is 0 Å². The zero-order valence-corrected chi connectivity index (χ0v) is 29.2. The quantitative estimate of drug-likeness (QED) is 0.0313. The van der Waals surface area contributed by atoms with Gasteiger partial charge in [-0.15, -0.1) is 0 Å². The lowest BCUT2D eigenvalue weighted by Crippen LogP contribution is -2.30. The zero-order chi connectivity index (χ0) is 32.4. The van der Waals surface area contributed by atoms with Crippen molar-refractivity contribution in [1.82, 2.24) is 0 Å². The van der Waals surface area contributed by atoms with Gasteiger partial charge in [-0.2, -0.15) is 0 Å². The third-order valence-electron chi connectivity index (χ3n) is 8.02. The second-order valence-electron chi connectivity index (χ2n) is 12.5. The van der Waals surface area contributed by atoms with Gasteiger partial charge in [-0.25, -0.2) is 0 Å². The van der Waals surface area contributed by atoms with E-state index in [0.29, 0.717) is 19.3 Å². The Bertz CT molecular complexity index is 689. The molecule has 0 saturated heterocycles. The summed E-state index contributed by atoms with van der Waals surface area (Å²) in [7, 11) is 0. The summed E-state index contributed by atoms with van der Waals surface area (Å²) in [6, 6.07) is 0. The Morgan fingerprint density at radius 2 is 0.750 bits per heavy atom. The first-order chi connectivity index (χ1) is 21.5. The average molecular weight is 623 g/mol. The van der Waals surface area contributed by atoms with E-state index in [9.17, 15) is 14.4 Å². The number of carbonyl (C=O) groups is 3. The maximum absolute atomic E-state index is 12.4. The Kier molecular flexibility index (Phi) is 32.6. The van der Waals surface area contributed by atoms with Crippen LogP contribution in [0.15, 0.2) is 12.2 Å². The first-order valence-electron chi connectivity index (χ1n) is 18.7. The molecule has 0 aromatic rings. The second kappa shape index (κ2) is 34.0. The highest BCUT2D eigenvalue weighted by molar-refractivity contribution is 5.71. The highest BCUT2D eigenvalue weighted by Gasteiger charge is 2.19. The predicted molar refractivity (Wildman–Crippen MR) is 183 cm³/mol. The van der Waals surface area contributed by atoms with Gasteiger partial charge in [-0.05, 0) is 44.9 Å². The van der Waals surface area contributed by atoms with Gasteiger partial charge in [-0.1, -0.05) is 142 Å². The van der Waals surface area contributed by atoms with Crippen LogP contribution >= 0.6 is 0 Å². The standard InChI is InChI=1S/C38H70O6/c1-4-7-10-13-14-15-16-17-18-19-20-21-22-23-26-28-31-37(40)43-34-35(44-38(41)32-29-25-12-9-6-3)33-42-36(39)30-27-24-11-8-5-2/h18-19,35H,4-17,20-34H2,1-3H3/b19-18-. The largest absolute Gasteiger partial charge is 0.462 e. The fraction of sp³-hybridized carbons (Fsp3) is 0.868. The van der Waals surface area contributed by atoms with Gasteiger partial charge in [0.1, 0.15) is 13.2 Å². The SMILES string of the molecule is CCCCCCCCC/C=C\CCCCCCCC(=O)OCC(COC(=O)CCCCCCC)OC(=O)CCCCCCC. The van der Waals surface area contributed by atoms with E-state index < -0.39 is 6.10 Å². The lowest BCUT2D eigenvalue weighted by molar-refractivity contribution is -0.167. The summed E-state index contributed by atoms with van der Waals surface area (Å²) in [5.41, 5.74) is 0. The summed E-state index contributed by atoms with van der Waals surface area (Å²) in [6.07, 6.45) is 32.6. The molecule has 0 amide bonds. The first-order valence-corrected chi connectivity index (χ1v) is 18.7. The maximum atomic E-state index is 12.4. The summed E-state index contributed by atoms with van der Waals surface area (Å²) >= 11 is 0. The summed E-state index contributed by atoms with van der Waals surface area (Å²) < 4.78 is 16.4. The molecule has 0 N–H and O–H groups in total. The Morgan fingerprint density at radius 1 is 0.432 bits per heavy atom. The van der Waals surface area contributed by atoms with Gasteiger partial charge < -0.3 is 14.2 Å². The molecule has 1 unspecified atom stereocenters. The third kappa shape index (κ3) is 31.6. The van der Waals surface area contributed by atoms with Gasteiger partial charge in [0.2, 0.25) is 0 Å². The Hall–Kier alpha value is -1.85. The Balaban J connectivity index is 4.12. The van der Waals surface area contributed by atoms with Crippen molar-refractivity contribution in [2.75, 3.05) is 13.2 Å². The van der Waals surface area contributed by atoms with Crippen LogP contribution in [0.2, 0.25) is 0 Å².